The molecule has 100 valence electrons. The molecule has 1 N–H and O–H groups in total. The topological polar surface area (TPSA) is 55.0 Å². The van der Waals surface area contributed by atoms with Crippen LogP contribution in [0.5, 0.6) is 0 Å². The number of imidazole rings is 1. The number of nitrogens with one attached hydrogen (secondary N) is 1. The average molecular weight is 266 g/mol. The van der Waals surface area contributed by atoms with Crippen molar-refractivity contribution in [2.24, 2.45) is 0 Å². The lowest BCUT2D eigenvalue weighted by Gasteiger charge is -2.10. The molecule has 0 spiro atoms. The number of hydrogen-bond donors (Lipinski definition) is 1. The Hall–Kier alpha value is -1.98. The molecule has 19 heavy (non-hydrogen) atoms. The predicted molar refractivity (Wildman–Crippen MR) is 63.6 cm³/mol. The maximum absolute atomic E-state index is 13.6. The maximum atomic E-state index is 13.6. The zero-order valence-electron chi connectivity index (χ0n) is 10.3. The Balaban J connectivity index is 2.07. The van der Waals surface area contributed by atoms with Crippen LogP contribution in [0.1, 0.15) is 25.6 Å². The fourth-order valence-corrected chi connectivity index (χ4v) is 2.18. The van der Waals surface area contributed by atoms with Crippen LogP contribution in [0.2, 0.25) is 0 Å². The van der Waals surface area contributed by atoms with E-state index < -0.39 is 17.0 Å². The summed E-state index contributed by atoms with van der Waals surface area (Å²) < 4.78 is 31.7. The van der Waals surface area contributed by atoms with Gasteiger partial charge in [0.2, 0.25) is 0 Å². The number of aromatic amines is 1. The van der Waals surface area contributed by atoms with Crippen LogP contribution in [0.25, 0.3) is 11.0 Å². The number of ether oxygens (including phenoxy) is 1. The first-order chi connectivity index (χ1) is 9.08. The first kappa shape index (κ1) is 12.1. The van der Waals surface area contributed by atoms with Gasteiger partial charge in [0.25, 0.3) is 0 Å². The first-order valence-electron chi connectivity index (χ1n) is 6.10. The molecule has 0 radical (unpaired) electrons. The maximum Gasteiger partial charge on any atom is 0.319 e. The second-order valence-electron chi connectivity index (χ2n) is 4.65. The number of fused-ring (bicyclic) bond motifs is 1. The van der Waals surface area contributed by atoms with Gasteiger partial charge < -0.3 is 9.72 Å². The van der Waals surface area contributed by atoms with Crippen LogP contribution in [0.3, 0.4) is 0 Å². The summed E-state index contributed by atoms with van der Waals surface area (Å²) in [4.78, 5) is 18.8. The molecule has 0 aliphatic heterocycles. The molecule has 0 atom stereocenters. The molecule has 2 aromatic rings. The Morgan fingerprint density at radius 2 is 2.21 bits per heavy atom. The van der Waals surface area contributed by atoms with E-state index in [1.54, 1.807) is 6.92 Å². The zero-order chi connectivity index (χ0) is 13.6. The van der Waals surface area contributed by atoms with Gasteiger partial charge >= 0.3 is 5.97 Å². The molecule has 0 saturated heterocycles. The lowest BCUT2D eigenvalue weighted by Crippen LogP contribution is -2.24. The number of hydrogen-bond acceptors (Lipinski definition) is 3. The van der Waals surface area contributed by atoms with Gasteiger partial charge in [-0.05, 0) is 31.9 Å². The number of H-pyrrole nitrogens is 1. The second-order valence-corrected chi connectivity index (χ2v) is 4.65. The largest absolute Gasteiger partial charge is 0.465 e. The van der Waals surface area contributed by atoms with Gasteiger partial charge in [-0.25, -0.2) is 13.8 Å². The van der Waals surface area contributed by atoms with Gasteiger partial charge in [-0.2, -0.15) is 0 Å². The van der Waals surface area contributed by atoms with Crippen molar-refractivity contribution in [1.82, 2.24) is 9.97 Å². The fraction of sp³-hybridized carbons (Fsp3) is 0.385. The number of benzene rings is 1. The molecule has 1 saturated carbocycles. The summed E-state index contributed by atoms with van der Waals surface area (Å²) in [5, 5.41) is 0. The Bertz CT molecular complexity index is 662. The number of carbonyl (C=O) groups is 1. The fourth-order valence-electron chi connectivity index (χ4n) is 2.18. The van der Waals surface area contributed by atoms with Crippen LogP contribution < -0.4 is 0 Å². The number of carbonyl (C=O) groups excluding carboxylic acids is 1. The third-order valence-electron chi connectivity index (χ3n) is 3.42. The minimum Gasteiger partial charge on any atom is -0.465 e. The van der Waals surface area contributed by atoms with E-state index in [1.807, 2.05) is 0 Å². The van der Waals surface area contributed by atoms with Crippen LogP contribution in [0, 0.1) is 11.6 Å². The third kappa shape index (κ3) is 1.70. The van der Waals surface area contributed by atoms with Crippen molar-refractivity contribution in [2.45, 2.75) is 25.2 Å². The minimum atomic E-state index is -1.00. The van der Waals surface area contributed by atoms with E-state index in [4.69, 9.17) is 4.74 Å². The van der Waals surface area contributed by atoms with E-state index in [1.165, 1.54) is 6.07 Å². The summed E-state index contributed by atoms with van der Waals surface area (Å²) in [6.07, 6.45) is 1.21. The molecule has 1 aliphatic carbocycles. The van der Waals surface area contributed by atoms with Gasteiger partial charge in [-0.15, -0.1) is 0 Å². The average Bonchev–Trinajstić information content (AvgIpc) is 3.09. The summed E-state index contributed by atoms with van der Waals surface area (Å²) in [6.45, 7) is 2.01. The molecular formula is C13H12F2N2O2. The Morgan fingerprint density at radius 3 is 2.84 bits per heavy atom. The van der Waals surface area contributed by atoms with Crippen LogP contribution in [0.15, 0.2) is 12.1 Å². The van der Waals surface area contributed by atoms with Crippen molar-refractivity contribution in [3.8, 4) is 0 Å². The Morgan fingerprint density at radius 1 is 1.47 bits per heavy atom. The highest BCUT2D eigenvalue weighted by Gasteiger charge is 2.55. The third-order valence-corrected chi connectivity index (χ3v) is 3.42. The highest BCUT2D eigenvalue weighted by atomic mass is 19.2. The van der Waals surface area contributed by atoms with E-state index in [9.17, 15) is 13.6 Å². The minimum absolute atomic E-state index is 0.0782. The van der Waals surface area contributed by atoms with Crippen LogP contribution >= 0.6 is 0 Å². The number of aromatic nitrogens is 2. The smallest absolute Gasteiger partial charge is 0.319 e. The Labute approximate surface area is 107 Å². The zero-order valence-corrected chi connectivity index (χ0v) is 10.3. The molecule has 0 unspecified atom stereocenters. The van der Waals surface area contributed by atoms with Gasteiger partial charge in [0.1, 0.15) is 16.8 Å². The first-order valence-corrected chi connectivity index (χ1v) is 6.10. The van der Waals surface area contributed by atoms with E-state index >= 15 is 0 Å². The molecule has 1 heterocycles. The van der Waals surface area contributed by atoms with E-state index in [-0.39, 0.29) is 18.1 Å². The molecule has 3 rings (SSSR count). The monoisotopic (exact) mass is 266 g/mol. The standard InChI is InChI=1S/C13H12F2N2O2/c1-2-19-12(18)13(5-6-13)11-16-8-4-3-7(14)9(15)10(8)17-11/h3-4H,2,5-6H2,1H3,(H,16,17). The number of nitrogens with zero attached hydrogens (tertiary/aromatic N) is 1. The summed E-state index contributed by atoms with van der Waals surface area (Å²) >= 11 is 0. The highest BCUT2D eigenvalue weighted by Crippen LogP contribution is 2.48. The number of esters is 1. The summed E-state index contributed by atoms with van der Waals surface area (Å²) in [6, 6.07) is 2.44. The van der Waals surface area contributed by atoms with Gasteiger partial charge in [0.15, 0.2) is 11.6 Å². The normalized spacial score (nSPS) is 16.6. The van der Waals surface area contributed by atoms with Crippen LogP contribution in [-0.2, 0) is 14.9 Å². The van der Waals surface area contributed by atoms with Gasteiger partial charge in [-0.1, -0.05) is 0 Å². The van der Waals surface area contributed by atoms with Crippen molar-refractivity contribution in [2.75, 3.05) is 6.61 Å². The van der Waals surface area contributed by atoms with Crippen molar-refractivity contribution in [1.29, 1.82) is 0 Å². The molecule has 0 bridgehead atoms. The molecule has 1 aromatic heterocycles. The van der Waals surface area contributed by atoms with Gasteiger partial charge in [0.05, 0.1) is 12.1 Å². The number of rotatable bonds is 3. The van der Waals surface area contributed by atoms with E-state index in [2.05, 4.69) is 9.97 Å². The second kappa shape index (κ2) is 4.01. The molecule has 4 nitrogen and oxygen atoms in total. The van der Waals surface area contributed by atoms with E-state index in [0.29, 0.717) is 24.2 Å². The van der Waals surface area contributed by atoms with Gasteiger partial charge in [-0.3, -0.25) is 4.79 Å². The lowest BCUT2D eigenvalue weighted by molar-refractivity contribution is -0.146. The lowest BCUT2D eigenvalue weighted by atomic mass is 10.1. The number of halogens is 2. The highest BCUT2D eigenvalue weighted by molar-refractivity contribution is 5.87. The summed E-state index contributed by atoms with van der Waals surface area (Å²) in [5.41, 5.74) is -0.507. The van der Waals surface area contributed by atoms with Crippen molar-refractivity contribution >= 4 is 17.0 Å². The van der Waals surface area contributed by atoms with Crippen molar-refractivity contribution < 1.29 is 18.3 Å². The molecule has 1 aromatic carbocycles. The molecular weight excluding hydrogens is 254 g/mol. The van der Waals surface area contributed by atoms with Crippen molar-refractivity contribution in [3.05, 3.63) is 29.6 Å². The van der Waals surface area contributed by atoms with Crippen molar-refractivity contribution in [3.63, 3.8) is 0 Å². The summed E-state index contributed by atoms with van der Waals surface area (Å²) in [7, 11) is 0. The molecule has 6 heteroatoms. The van der Waals surface area contributed by atoms with E-state index in [0.717, 1.165) is 6.07 Å². The van der Waals surface area contributed by atoms with Crippen LogP contribution in [0.4, 0.5) is 8.78 Å². The van der Waals surface area contributed by atoms with Gasteiger partial charge in [0, 0.05) is 0 Å². The quantitative estimate of drug-likeness (QED) is 0.868. The summed E-state index contributed by atoms with van der Waals surface area (Å²) in [5.74, 6) is -1.97. The predicted octanol–water partition coefficient (Wildman–Crippen LogP) is 2.44. The van der Waals surface area contributed by atoms with Crippen LogP contribution in [-0.4, -0.2) is 22.5 Å². The SMILES string of the molecule is CCOC(=O)C1(c2nc3c(F)c(F)ccc3[nH]2)CC1. The Kier molecular flexibility index (Phi) is 2.55. The molecule has 0 amide bonds. The molecule has 1 aliphatic rings. The molecule has 1 fully saturated rings.